The first-order chi connectivity index (χ1) is 9.66. The minimum atomic E-state index is -0.0850. The second-order valence-electron chi connectivity index (χ2n) is 5.04. The maximum Gasteiger partial charge on any atom is 0.272 e. The SMILES string of the molecule is CC1COCCN1C(=O)c1cc2ccccc2c(N)n1. The third-order valence-corrected chi connectivity index (χ3v) is 3.62. The highest BCUT2D eigenvalue weighted by Crippen LogP contribution is 2.21. The Morgan fingerprint density at radius 3 is 3.05 bits per heavy atom. The summed E-state index contributed by atoms with van der Waals surface area (Å²) in [6.07, 6.45) is 0. The molecule has 104 valence electrons. The summed E-state index contributed by atoms with van der Waals surface area (Å²) in [5.41, 5.74) is 6.35. The van der Waals surface area contributed by atoms with Crippen molar-refractivity contribution in [2.45, 2.75) is 13.0 Å². The number of nitrogens with two attached hydrogens (primary N) is 1. The summed E-state index contributed by atoms with van der Waals surface area (Å²) in [5.74, 6) is 0.311. The number of amides is 1. The number of aromatic nitrogens is 1. The molecule has 2 aromatic rings. The van der Waals surface area contributed by atoms with Crippen LogP contribution in [-0.4, -0.2) is 41.6 Å². The van der Waals surface area contributed by atoms with Crippen LogP contribution in [0.3, 0.4) is 0 Å². The summed E-state index contributed by atoms with van der Waals surface area (Å²) in [4.78, 5) is 18.6. The van der Waals surface area contributed by atoms with Gasteiger partial charge >= 0.3 is 0 Å². The van der Waals surface area contributed by atoms with E-state index >= 15 is 0 Å². The van der Waals surface area contributed by atoms with Gasteiger partial charge in [-0.3, -0.25) is 4.79 Å². The molecule has 1 aliphatic rings. The Balaban J connectivity index is 1.99. The van der Waals surface area contributed by atoms with Crippen molar-refractivity contribution in [3.8, 4) is 0 Å². The van der Waals surface area contributed by atoms with Gasteiger partial charge < -0.3 is 15.4 Å². The zero-order valence-corrected chi connectivity index (χ0v) is 11.4. The second-order valence-corrected chi connectivity index (χ2v) is 5.04. The van der Waals surface area contributed by atoms with Gasteiger partial charge in [-0.2, -0.15) is 0 Å². The van der Waals surface area contributed by atoms with E-state index in [2.05, 4.69) is 4.98 Å². The largest absolute Gasteiger partial charge is 0.383 e. The van der Waals surface area contributed by atoms with Crippen molar-refractivity contribution in [1.82, 2.24) is 9.88 Å². The maximum atomic E-state index is 12.6. The lowest BCUT2D eigenvalue weighted by Gasteiger charge is -2.33. The summed E-state index contributed by atoms with van der Waals surface area (Å²) in [5, 5.41) is 1.81. The maximum absolute atomic E-state index is 12.6. The lowest BCUT2D eigenvalue weighted by atomic mass is 10.1. The first kappa shape index (κ1) is 12.9. The molecule has 1 aliphatic heterocycles. The molecule has 1 saturated heterocycles. The molecule has 20 heavy (non-hydrogen) atoms. The van der Waals surface area contributed by atoms with Crippen molar-refractivity contribution in [3.05, 3.63) is 36.0 Å². The van der Waals surface area contributed by atoms with Crippen LogP contribution >= 0.6 is 0 Å². The molecule has 0 saturated carbocycles. The summed E-state index contributed by atoms with van der Waals surface area (Å²) >= 11 is 0. The van der Waals surface area contributed by atoms with Crippen molar-refractivity contribution in [2.24, 2.45) is 0 Å². The van der Waals surface area contributed by atoms with E-state index in [1.165, 1.54) is 0 Å². The third-order valence-electron chi connectivity index (χ3n) is 3.62. The van der Waals surface area contributed by atoms with Gasteiger partial charge in [-0.15, -0.1) is 0 Å². The van der Waals surface area contributed by atoms with Gasteiger partial charge in [-0.05, 0) is 18.4 Å². The summed E-state index contributed by atoms with van der Waals surface area (Å²) < 4.78 is 5.35. The molecule has 0 aliphatic carbocycles. The molecule has 3 rings (SSSR count). The molecule has 1 fully saturated rings. The van der Waals surface area contributed by atoms with Gasteiger partial charge in [0.25, 0.3) is 5.91 Å². The molecule has 1 amide bonds. The Morgan fingerprint density at radius 2 is 2.25 bits per heavy atom. The number of nitrogen functional groups attached to an aromatic ring is 1. The average Bonchev–Trinajstić information content (AvgIpc) is 2.47. The minimum Gasteiger partial charge on any atom is -0.383 e. The van der Waals surface area contributed by atoms with Crippen molar-refractivity contribution < 1.29 is 9.53 Å². The van der Waals surface area contributed by atoms with E-state index in [1.807, 2.05) is 31.2 Å². The average molecular weight is 271 g/mol. The fourth-order valence-electron chi connectivity index (χ4n) is 2.51. The molecule has 1 unspecified atom stereocenters. The zero-order chi connectivity index (χ0) is 14.1. The van der Waals surface area contributed by atoms with Crippen LogP contribution < -0.4 is 5.73 Å². The van der Waals surface area contributed by atoms with Crippen LogP contribution in [-0.2, 0) is 4.74 Å². The molecule has 2 N–H and O–H groups in total. The second kappa shape index (κ2) is 5.09. The number of rotatable bonds is 1. The fraction of sp³-hybridized carbons (Fsp3) is 0.333. The van der Waals surface area contributed by atoms with E-state index in [4.69, 9.17) is 10.5 Å². The van der Waals surface area contributed by atoms with Gasteiger partial charge in [0.15, 0.2) is 0 Å². The van der Waals surface area contributed by atoms with Crippen molar-refractivity contribution in [1.29, 1.82) is 0 Å². The smallest absolute Gasteiger partial charge is 0.272 e. The molecule has 2 heterocycles. The van der Waals surface area contributed by atoms with Crippen molar-refractivity contribution in [3.63, 3.8) is 0 Å². The van der Waals surface area contributed by atoms with Gasteiger partial charge in [0.1, 0.15) is 11.5 Å². The Bertz CT molecular complexity index is 657. The van der Waals surface area contributed by atoms with Crippen LogP contribution in [0, 0.1) is 0 Å². The lowest BCUT2D eigenvalue weighted by molar-refractivity contribution is 0.00329. The standard InChI is InChI=1S/C15H17N3O2/c1-10-9-20-7-6-18(10)15(19)13-8-11-4-2-3-5-12(11)14(16)17-13/h2-5,8,10H,6-7,9H2,1H3,(H2,16,17). The fourth-order valence-corrected chi connectivity index (χ4v) is 2.51. The number of fused-ring (bicyclic) bond motifs is 1. The lowest BCUT2D eigenvalue weighted by Crippen LogP contribution is -2.47. The normalized spacial score (nSPS) is 19.2. The quantitative estimate of drug-likeness (QED) is 0.856. The molecule has 1 aromatic heterocycles. The number of pyridine rings is 1. The highest BCUT2D eigenvalue weighted by Gasteiger charge is 2.26. The van der Waals surface area contributed by atoms with Gasteiger partial charge in [-0.1, -0.05) is 24.3 Å². The van der Waals surface area contributed by atoms with Crippen LogP contribution in [0.2, 0.25) is 0 Å². The molecular weight excluding hydrogens is 254 g/mol. The summed E-state index contributed by atoms with van der Waals surface area (Å²) in [6, 6.07) is 9.54. The molecule has 0 spiro atoms. The Hall–Kier alpha value is -2.14. The van der Waals surface area contributed by atoms with Gasteiger partial charge in [0, 0.05) is 11.9 Å². The number of carbonyl (C=O) groups is 1. The highest BCUT2D eigenvalue weighted by atomic mass is 16.5. The summed E-state index contributed by atoms with van der Waals surface area (Å²) in [7, 11) is 0. The first-order valence-electron chi connectivity index (χ1n) is 6.71. The Kier molecular flexibility index (Phi) is 3.28. The number of benzene rings is 1. The van der Waals surface area contributed by atoms with Crippen LogP contribution in [0.5, 0.6) is 0 Å². The minimum absolute atomic E-state index is 0.0609. The highest BCUT2D eigenvalue weighted by molar-refractivity contribution is 6.00. The molecular formula is C15H17N3O2. The summed E-state index contributed by atoms with van der Waals surface area (Å²) in [6.45, 7) is 3.70. The molecule has 0 radical (unpaired) electrons. The predicted octanol–water partition coefficient (Wildman–Crippen LogP) is 1.68. The number of ether oxygens (including phenoxy) is 1. The molecule has 5 nitrogen and oxygen atoms in total. The number of carbonyl (C=O) groups excluding carboxylic acids is 1. The van der Waals surface area contributed by atoms with Crippen molar-refractivity contribution in [2.75, 3.05) is 25.5 Å². The zero-order valence-electron chi connectivity index (χ0n) is 11.4. The third kappa shape index (κ3) is 2.20. The van der Waals surface area contributed by atoms with Crippen LogP contribution in [0.4, 0.5) is 5.82 Å². The van der Waals surface area contributed by atoms with E-state index in [-0.39, 0.29) is 11.9 Å². The molecule has 5 heteroatoms. The van der Waals surface area contributed by atoms with Gasteiger partial charge in [0.2, 0.25) is 0 Å². The predicted molar refractivity (Wildman–Crippen MR) is 77.5 cm³/mol. The molecule has 0 bridgehead atoms. The number of hydrogen-bond acceptors (Lipinski definition) is 4. The molecule has 1 atom stereocenters. The monoisotopic (exact) mass is 271 g/mol. The van der Waals surface area contributed by atoms with Crippen LogP contribution in [0.25, 0.3) is 10.8 Å². The van der Waals surface area contributed by atoms with E-state index in [1.54, 1.807) is 11.0 Å². The molecule has 1 aromatic carbocycles. The number of hydrogen-bond donors (Lipinski definition) is 1. The Morgan fingerprint density at radius 1 is 1.45 bits per heavy atom. The van der Waals surface area contributed by atoms with Gasteiger partial charge in [-0.25, -0.2) is 4.98 Å². The van der Waals surface area contributed by atoms with E-state index in [0.29, 0.717) is 31.3 Å². The Labute approximate surface area is 117 Å². The van der Waals surface area contributed by atoms with Crippen molar-refractivity contribution >= 4 is 22.5 Å². The first-order valence-corrected chi connectivity index (χ1v) is 6.71. The van der Waals surface area contributed by atoms with Crippen LogP contribution in [0.15, 0.2) is 30.3 Å². The number of anilines is 1. The van der Waals surface area contributed by atoms with E-state index in [0.717, 1.165) is 10.8 Å². The number of nitrogens with zero attached hydrogens (tertiary/aromatic N) is 2. The van der Waals surface area contributed by atoms with E-state index < -0.39 is 0 Å². The van der Waals surface area contributed by atoms with E-state index in [9.17, 15) is 4.79 Å². The van der Waals surface area contributed by atoms with Gasteiger partial charge in [0.05, 0.1) is 19.3 Å². The van der Waals surface area contributed by atoms with Crippen LogP contribution in [0.1, 0.15) is 17.4 Å². The topological polar surface area (TPSA) is 68.5 Å². The number of morpholine rings is 1.